The predicted molar refractivity (Wildman–Crippen MR) is 85.1 cm³/mol. The maximum atomic E-state index is 12.5. The summed E-state index contributed by atoms with van der Waals surface area (Å²) in [6.07, 6.45) is 4.31. The standard InChI is InChI=1S/C17H13BrO4/c18-12-9-14-11(8-15(20)22-14)16(17(12)21)13(19)7-6-10-4-2-1-3-5-10/h1-7,9,11,14,21H,8H2/b7-6+/t11-,14-/m0/s1. The van der Waals surface area contributed by atoms with Gasteiger partial charge in [0, 0.05) is 5.92 Å². The van der Waals surface area contributed by atoms with E-state index in [0.717, 1.165) is 5.56 Å². The summed E-state index contributed by atoms with van der Waals surface area (Å²) in [5.74, 6) is -1.23. The third-order valence-corrected chi connectivity index (χ3v) is 4.35. The first-order valence-corrected chi connectivity index (χ1v) is 7.63. The summed E-state index contributed by atoms with van der Waals surface area (Å²) >= 11 is 3.20. The van der Waals surface area contributed by atoms with E-state index in [1.165, 1.54) is 6.08 Å². The largest absolute Gasteiger partial charge is 0.506 e. The van der Waals surface area contributed by atoms with Gasteiger partial charge >= 0.3 is 5.97 Å². The van der Waals surface area contributed by atoms with Gasteiger partial charge in [-0.05, 0) is 33.6 Å². The quantitative estimate of drug-likeness (QED) is 0.663. The van der Waals surface area contributed by atoms with Crippen molar-refractivity contribution in [3.05, 3.63) is 63.9 Å². The van der Waals surface area contributed by atoms with Gasteiger partial charge in [0.2, 0.25) is 0 Å². The number of fused-ring (bicyclic) bond motifs is 1. The highest BCUT2D eigenvalue weighted by molar-refractivity contribution is 9.11. The lowest BCUT2D eigenvalue weighted by molar-refractivity contribution is -0.140. The molecule has 1 heterocycles. The minimum absolute atomic E-state index is 0.103. The molecule has 0 bridgehead atoms. The normalized spacial score (nSPS) is 24.2. The van der Waals surface area contributed by atoms with Crippen LogP contribution in [0, 0.1) is 5.92 Å². The Morgan fingerprint density at radius 3 is 2.77 bits per heavy atom. The molecule has 1 aliphatic carbocycles. The Hall–Kier alpha value is -2.14. The summed E-state index contributed by atoms with van der Waals surface area (Å²) in [7, 11) is 0. The predicted octanol–water partition coefficient (Wildman–Crippen LogP) is 3.31. The molecular weight excluding hydrogens is 348 g/mol. The average Bonchev–Trinajstić information content (AvgIpc) is 2.86. The minimum atomic E-state index is -0.498. The summed E-state index contributed by atoms with van der Waals surface area (Å²) in [6, 6.07) is 9.39. The Kier molecular flexibility index (Phi) is 3.98. The molecule has 1 aromatic rings. The van der Waals surface area contributed by atoms with Crippen LogP contribution in [0.25, 0.3) is 6.08 Å². The van der Waals surface area contributed by atoms with Gasteiger partial charge in [-0.3, -0.25) is 9.59 Å². The number of hydrogen-bond acceptors (Lipinski definition) is 4. The number of aliphatic hydroxyl groups excluding tert-OH is 1. The number of esters is 1. The van der Waals surface area contributed by atoms with E-state index in [1.54, 1.807) is 12.2 Å². The zero-order valence-corrected chi connectivity index (χ0v) is 13.1. The number of ether oxygens (including phenoxy) is 1. The summed E-state index contributed by atoms with van der Waals surface area (Å²) < 4.78 is 5.54. The van der Waals surface area contributed by atoms with Gasteiger partial charge in [0.15, 0.2) is 5.78 Å². The lowest BCUT2D eigenvalue weighted by Crippen LogP contribution is -2.25. The second-order valence-electron chi connectivity index (χ2n) is 5.15. The number of rotatable bonds is 3. The molecule has 2 atom stereocenters. The van der Waals surface area contributed by atoms with E-state index in [-0.39, 0.29) is 29.5 Å². The third-order valence-electron chi connectivity index (χ3n) is 3.71. The van der Waals surface area contributed by atoms with Crippen LogP contribution in [0.15, 0.2) is 58.3 Å². The lowest BCUT2D eigenvalue weighted by atomic mass is 9.84. The molecule has 0 aromatic heterocycles. The van der Waals surface area contributed by atoms with Crippen LogP contribution in [-0.4, -0.2) is 23.0 Å². The minimum Gasteiger partial charge on any atom is -0.506 e. The molecule has 3 rings (SSSR count). The molecule has 1 aromatic carbocycles. The van der Waals surface area contributed by atoms with Crippen molar-refractivity contribution < 1.29 is 19.4 Å². The highest BCUT2D eigenvalue weighted by Crippen LogP contribution is 2.39. The molecule has 1 saturated heterocycles. The number of carbonyl (C=O) groups is 2. The fourth-order valence-electron chi connectivity index (χ4n) is 2.65. The number of carbonyl (C=O) groups excluding carboxylic acids is 2. The van der Waals surface area contributed by atoms with Crippen LogP contribution >= 0.6 is 15.9 Å². The molecular formula is C17H13BrO4. The highest BCUT2D eigenvalue weighted by atomic mass is 79.9. The van der Waals surface area contributed by atoms with Crippen molar-refractivity contribution in [1.29, 1.82) is 0 Å². The van der Waals surface area contributed by atoms with Gasteiger partial charge < -0.3 is 9.84 Å². The third kappa shape index (κ3) is 2.76. The average molecular weight is 361 g/mol. The molecule has 112 valence electrons. The maximum absolute atomic E-state index is 12.5. The van der Waals surface area contributed by atoms with Crippen molar-refractivity contribution in [2.45, 2.75) is 12.5 Å². The second-order valence-corrected chi connectivity index (χ2v) is 6.00. The Bertz CT molecular complexity index is 715. The summed E-state index contributed by atoms with van der Waals surface area (Å²) in [4.78, 5) is 23.9. The van der Waals surface area contributed by atoms with Crippen LogP contribution in [0.4, 0.5) is 0 Å². The van der Waals surface area contributed by atoms with Crippen molar-refractivity contribution in [1.82, 2.24) is 0 Å². The summed E-state index contributed by atoms with van der Waals surface area (Å²) in [6.45, 7) is 0. The molecule has 0 spiro atoms. The zero-order chi connectivity index (χ0) is 15.7. The van der Waals surface area contributed by atoms with E-state index in [4.69, 9.17) is 4.74 Å². The van der Waals surface area contributed by atoms with Crippen molar-refractivity contribution in [2.75, 3.05) is 0 Å². The molecule has 1 N–H and O–H groups in total. The first-order chi connectivity index (χ1) is 10.6. The molecule has 2 aliphatic rings. The zero-order valence-electron chi connectivity index (χ0n) is 11.5. The molecule has 0 unspecified atom stereocenters. The smallest absolute Gasteiger partial charge is 0.307 e. The van der Waals surface area contributed by atoms with E-state index >= 15 is 0 Å². The number of allylic oxidation sites excluding steroid dienone is 2. The molecule has 0 radical (unpaired) electrons. The van der Waals surface area contributed by atoms with Crippen molar-refractivity contribution in [3.63, 3.8) is 0 Å². The van der Waals surface area contributed by atoms with Gasteiger partial charge in [0.1, 0.15) is 11.9 Å². The first-order valence-electron chi connectivity index (χ1n) is 6.84. The van der Waals surface area contributed by atoms with Gasteiger partial charge in [-0.25, -0.2) is 0 Å². The summed E-state index contributed by atoms with van der Waals surface area (Å²) in [5, 5.41) is 10.2. The summed E-state index contributed by atoms with van der Waals surface area (Å²) in [5.41, 5.74) is 1.11. The highest BCUT2D eigenvalue weighted by Gasteiger charge is 2.42. The van der Waals surface area contributed by atoms with Crippen molar-refractivity contribution in [3.8, 4) is 0 Å². The van der Waals surface area contributed by atoms with E-state index < -0.39 is 12.0 Å². The van der Waals surface area contributed by atoms with Gasteiger partial charge in [0.05, 0.1) is 16.5 Å². The Balaban J connectivity index is 1.90. The van der Waals surface area contributed by atoms with Gasteiger partial charge in [-0.1, -0.05) is 36.4 Å². The lowest BCUT2D eigenvalue weighted by Gasteiger charge is -2.22. The SMILES string of the molecule is O=C1C[C@@H]2C(C(=O)/C=C/c3ccccc3)=C(O)C(Br)=C[C@@H]2O1. The van der Waals surface area contributed by atoms with Gasteiger partial charge in [0.25, 0.3) is 0 Å². The molecule has 1 fully saturated rings. The van der Waals surface area contributed by atoms with E-state index in [9.17, 15) is 14.7 Å². The fraction of sp³-hybridized carbons (Fsp3) is 0.176. The Morgan fingerprint density at radius 2 is 2.05 bits per heavy atom. The number of benzene rings is 1. The molecule has 0 saturated carbocycles. The van der Waals surface area contributed by atoms with Crippen LogP contribution in [0.2, 0.25) is 0 Å². The number of halogens is 1. The van der Waals surface area contributed by atoms with Crippen molar-refractivity contribution in [2.24, 2.45) is 5.92 Å². The number of aliphatic hydroxyl groups is 1. The Morgan fingerprint density at radius 1 is 1.32 bits per heavy atom. The van der Waals surface area contributed by atoms with Crippen LogP contribution in [0.5, 0.6) is 0 Å². The fourth-order valence-corrected chi connectivity index (χ4v) is 3.12. The van der Waals surface area contributed by atoms with Crippen LogP contribution in [0.1, 0.15) is 12.0 Å². The Labute approximate surface area is 135 Å². The van der Waals surface area contributed by atoms with Crippen LogP contribution in [-0.2, 0) is 14.3 Å². The molecule has 22 heavy (non-hydrogen) atoms. The molecule has 1 aliphatic heterocycles. The number of hydrogen-bond donors (Lipinski definition) is 1. The molecule has 5 heteroatoms. The van der Waals surface area contributed by atoms with E-state index in [1.807, 2.05) is 30.3 Å². The van der Waals surface area contributed by atoms with E-state index in [0.29, 0.717) is 4.48 Å². The second kappa shape index (κ2) is 5.93. The van der Waals surface area contributed by atoms with Gasteiger partial charge in [-0.15, -0.1) is 0 Å². The van der Waals surface area contributed by atoms with E-state index in [2.05, 4.69) is 15.9 Å². The monoisotopic (exact) mass is 360 g/mol. The first kappa shape index (κ1) is 14.8. The van der Waals surface area contributed by atoms with Gasteiger partial charge in [-0.2, -0.15) is 0 Å². The topological polar surface area (TPSA) is 63.6 Å². The molecule has 4 nitrogen and oxygen atoms in total. The number of ketones is 1. The van der Waals surface area contributed by atoms with Crippen LogP contribution < -0.4 is 0 Å². The maximum Gasteiger partial charge on any atom is 0.307 e. The van der Waals surface area contributed by atoms with Crippen LogP contribution in [0.3, 0.4) is 0 Å². The van der Waals surface area contributed by atoms with Crippen molar-refractivity contribution >= 4 is 33.8 Å². The molecule has 0 amide bonds.